The molecule has 1 aromatic rings. The van der Waals surface area contributed by atoms with Crippen molar-refractivity contribution in [1.29, 1.82) is 0 Å². The molecule has 0 radical (unpaired) electrons. The number of rotatable bonds is 6. The zero-order valence-corrected chi connectivity index (χ0v) is 12.0. The summed E-state index contributed by atoms with van der Waals surface area (Å²) >= 11 is 0. The van der Waals surface area contributed by atoms with Crippen LogP contribution in [0.3, 0.4) is 0 Å². The minimum Gasteiger partial charge on any atom is -0.482 e. The second kappa shape index (κ2) is 7.64. The van der Waals surface area contributed by atoms with Gasteiger partial charge >= 0.3 is 5.97 Å². The van der Waals surface area contributed by atoms with Gasteiger partial charge in [0.2, 0.25) is 5.91 Å². The number of ether oxygens (including phenoxy) is 3. The van der Waals surface area contributed by atoms with E-state index in [1.54, 1.807) is 31.2 Å². The van der Waals surface area contributed by atoms with Crippen LogP contribution in [0.15, 0.2) is 24.3 Å². The summed E-state index contributed by atoms with van der Waals surface area (Å²) in [5.41, 5.74) is 0.633. The maximum atomic E-state index is 12.0. The quantitative estimate of drug-likeness (QED) is 0.806. The van der Waals surface area contributed by atoms with E-state index in [0.29, 0.717) is 31.3 Å². The lowest BCUT2D eigenvalue weighted by Gasteiger charge is -2.11. The lowest BCUT2D eigenvalue weighted by molar-refractivity contribution is -0.145. The Kier molecular flexibility index (Phi) is 5.57. The zero-order chi connectivity index (χ0) is 15.1. The number of esters is 1. The van der Waals surface area contributed by atoms with E-state index in [4.69, 9.17) is 14.2 Å². The minimum absolute atomic E-state index is 0.0601. The van der Waals surface area contributed by atoms with Crippen LogP contribution in [0.4, 0.5) is 5.69 Å². The molecule has 1 unspecified atom stereocenters. The van der Waals surface area contributed by atoms with Crippen LogP contribution in [0.2, 0.25) is 0 Å². The van der Waals surface area contributed by atoms with E-state index in [1.165, 1.54) is 0 Å². The number of carbonyl (C=O) groups excluding carboxylic acids is 2. The standard InChI is InChI=1S/C15H19NO5/c1-2-20-14(17)10-21-13-5-3-4-12(8-13)16-15(18)11-6-7-19-9-11/h3-5,8,11H,2,6-7,9-10H2,1H3,(H,16,18). The maximum Gasteiger partial charge on any atom is 0.344 e. The molecule has 114 valence electrons. The van der Waals surface area contributed by atoms with Gasteiger partial charge in [0.25, 0.3) is 0 Å². The Morgan fingerprint density at radius 2 is 2.29 bits per heavy atom. The first-order valence-corrected chi connectivity index (χ1v) is 6.96. The van der Waals surface area contributed by atoms with Crippen molar-refractivity contribution < 1.29 is 23.8 Å². The summed E-state index contributed by atoms with van der Waals surface area (Å²) < 4.78 is 15.3. The Labute approximate surface area is 123 Å². The predicted octanol–water partition coefficient (Wildman–Crippen LogP) is 1.60. The summed E-state index contributed by atoms with van der Waals surface area (Å²) in [7, 11) is 0. The molecule has 6 heteroatoms. The van der Waals surface area contributed by atoms with Crippen LogP contribution in [0.5, 0.6) is 5.75 Å². The highest BCUT2D eigenvalue weighted by Crippen LogP contribution is 2.20. The number of hydrogen-bond donors (Lipinski definition) is 1. The van der Waals surface area contributed by atoms with Crippen LogP contribution < -0.4 is 10.1 Å². The molecule has 1 aromatic carbocycles. The first-order valence-electron chi connectivity index (χ1n) is 6.96. The van der Waals surface area contributed by atoms with E-state index in [-0.39, 0.29) is 18.4 Å². The van der Waals surface area contributed by atoms with Crippen LogP contribution in [0.25, 0.3) is 0 Å². The molecule has 1 N–H and O–H groups in total. The lowest BCUT2D eigenvalue weighted by atomic mass is 10.1. The average Bonchev–Trinajstić information content (AvgIpc) is 3.00. The van der Waals surface area contributed by atoms with Gasteiger partial charge in [-0.25, -0.2) is 4.79 Å². The fraction of sp³-hybridized carbons (Fsp3) is 0.467. The Morgan fingerprint density at radius 1 is 1.43 bits per heavy atom. The van der Waals surface area contributed by atoms with Gasteiger partial charge in [-0.1, -0.05) is 6.07 Å². The maximum absolute atomic E-state index is 12.0. The highest BCUT2D eigenvalue weighted by atomic mass is 16.6. The average molecular weight is 293 g/mol. The Morgan fingerprint density at radius 3 is 3.00 bits per heavy atom. The van der Waals surface area contributed by atoms with Crippen molar-refractivity contribution in [3.05, 3.63) is 24.3 Å². The topological polar surface area (TPSA) is 73.9 Å². The molecule has 1 amide bonds. The molecule has 2 rings (SSSR count). The molecule has 1 saturated heterocycles. The van der Waals surface area contributed by atoms with Crippen molar-refractivity contribution in [2.75, 3.05) is 31.7 Å². The van der Waals surface area contributed by atoms with Gasteiger partial charge in [-0.2, -0.15) is 0 Å². The molecule has 1 heterocycles. The predicted molar refractivity (Wildman–Crippen MR) is 76.1 cm³/mol. The van der Waals surface area contributed by atoms with Gasteiger partial charge in [-0.15, -0.1) is 0 Å². The molecule has 0 saturated carbocycles. The molecular weight excluding hydrogens is 274 g/mol. The zero-order valence-electron chi connectivity index (χ0n) is 12.0. The molecule has 6 nitrogen and oxygen atoms in total. The molecular formula is C15H19NO5. The normalized spacial score (nSPS) is 17.3. The van der Waals surface area contributed by atoms with Crippen molar-refractivity contribution in [3.8, 4) is 5.75 Å². The van der Waals surface area contributed by atoms with Crippen LogP contribution in [-0.2, 0) is 19.1 Å². The van der Waals surface area contributed by atoms with E-state index in [9.17, 15) is 9.59 Å². The summed E-state index contributed by atoms with van der Waals surface area (Å²) in [6.45, 7) is 3.00. The molecule has 0 aromatic heterocycles. The number of nitrogens with one attached hydrogen (secondary N) is 1. The number of carbonyl (C=O) groups is 2. The third kappa shape index (κ3) is 4.75. The minimum atomic E-state index is -0.421. The monoisotopic (exact) mass is 293 g/mol. The molecule has 0 bridgehead atoms. The van der Waals surface area contributed by atoms with Gasteiger partial charge < -0.3 is 19.5 Å². The summed E-state index contributed by atoms with van der Waals surface area (Å²) in [5.74, 6) is -0.0808. The molecule has 21 heavy (non-hydrogen) atoms. The van der Waals surface area contributed by atoms with Crippen LogP contribution >= 0.6 is 0 Å². The summed E-state index contributed by atoms with van der Waals surface area (Å²) in [6, 6.07) is 6.91. The van der Waals surface area contributed by atoms with E-state index >= 15 is 0 Å². The number of amides is 1. The van der Waals surface area contributed by atoms with Crippen molar-refractivity contribution in [3.63, 3.8) is 0 Å². The van der Waals surface area contributed by atoms with Crippen molar-refractivity contribution in [2.45, 2.75) is 13.3 Å². The van der Waals surface area contributed by atoms with Crippen LogP contribution in [-0.4, -0.2) is 38.3 Å². The molecule has 1 aliphatic rings. The Bertz CT molecular complexity index is 497. The summed E-state index contributed by atoms with van der Waals surface area (Å²) in [6.07, 6.45) is 0.741. The van der Waals surface area contributed by atoms with Crippen molar-refractivity contribution >= 4 is 17.6 Å². The van der Waals surface area contributed by atoms with Gasteiger partial charge in [0, 0.05) is 18.4 Å². The Hall–Kier alpha value is -2.08. The second-order valence-corrected chi connectivity index (χ2v) is 4.67. The van der Waals surface area contributed by atoms with Crippen molar-refractivity contribution in [1.82, 2.24) is 0 Å². The van der Waals surface area contributed by atoms with E-state index in [0.717, 1.165) is 6.42 Å². The number of anilines is 1. The van der Waals surface area contributed by atoms with Gasteiger partial charge in [0.05, 0.1) is 19.1 Å². The van der Waals surface area contributed by atoms with E-state index in [1.807, 2.05) is 0 Å². The smallest absolute Gasteiger partial charge is 0.344 e. The number of benzene rings is 1. The molecule has 1 fully saturated rings. The fourth-order valence-electron chi connectivity index (χ4n) is 1.99. The molecule has 0 spiro atoms. The third-order valence-electron chi connectivity index (χ3n) is 3.06. The lowest BCUT2D eigenvalue weighted by Crippen LogP contribution is -2.22. The highest BCUT2D eigenvalue weighted by Gasteiger charge is 2.23. The molecule has 1 atom stereocenters. The van der Waals surface area contributed by atoms with Crippen LogP contribution in [0.1, 0.15) is 13.3 Å². The van der Waals surface area contributed by atoms with E-state index < -0.39 is 5.97 Å². The SMILES string of the molecule is CCOC(=O)COc1cccc(NC(=O)C2CCOC2)c1. The fourth-order valence-corrected chi connectivity index (χ4v) is 1.99. The summed E-state index contributed by atoms with van der Waals surface area (Å²) in [4.78, 5) is 23.2. The third-order valence-corrected chi connectivity index (χ3v) is 3.06. The highest BCUT2D eigenvalue weighted by molar-refractivity contribution is 5.92. The molecule has 0 aliphatic carbocycles. The van der Waals surface area contributed by atoms with Gasteiger partial charge in [-0.05, 0) is 25.5 Å². The first kappa shape index (κ1) is 15.3. The van der Waals surface area contributed by atoms with Crippen LogP contribution in [0, 0.1) is 5.92 Å². The Balaban J connectivity index is 1.88. The van der Waals surface area contributed by atoms with E-state index in [2.05, 4.69) is 5.32 Å². The first-order chi connectivity index (χ1) is 10.2. The summed E-state index contributed by atoms with van der Waals surface area (Å²) in [5, 5.41) is 2.82. The van der Waals surface area contributed by atoms with Crippen molar-refractivity contribution in [2.24, 2.45) is 5.92 Å². The van der Waals surface area contributed by atoms with Gasteiger partial charge in [-0.3, -0.25) is 4.79 Å². The van der Waals surface area contributed by atoms with Gasteiger partial charge in [0.1, 0.15) is 5.75 Å². The van der Waals surface area contributed by atoms with Gasteiger partial charge in [0.15, 0.2) is 6.61 Å². The largest absolute Gasteiger partial charge is 0.482 e. The number of hydrogen-bond acceptors (Lipinski definition) is 5. The second-order valence-electron chi connectivity index (χ2n) is 4.67. The molecule has 1 aliphatic heterocycles.